The normalized spacial score (nSPS) is 19.3. The standard InChI is InChI=1S/C15H19NOS/c16-14(18)9-15(6-7-15)10-17-13-5-4-11-2-1-3-12(11)8-13/h4-5,8H,1-3,6-7,9-10H2,(H2,16,18). The molecule has 0 amide bonds. The third-order valence-electron chi connectivity index (χ3n) is 4.12. The van der Waals surface area contributed by atoms with Crippen molar-refractivity contribution in [2.45, 2.75) is 38.5 Å². The predicted molar refractivity (Wildman–Crippen MR) is 77.0 cm³/mol. The van der Waals surface area contributed by atoms with Crippen LogP contribution in [0.2, 0.25) is 0 Å². The molecule has 2 aliphatic rings. The molecule has 3 rings (SSSR count). The van der Waals surface area contributed by atoms with Crippen LogP contribution in [0.3, 0.4) is 0 Å². The molecule has 2 nitrogen and oxygen atoms in total. The van der Waals surface area contributed by atoms with Gasteiger partial charge in [0.25, 0.3) is 0 Å². The van der Waals surface area contributed by atoms with Gasteiger partial charge in [-0.25, -0.2) is 0 Å². The van der Waals surface area contributed by atoms with E-state index in [0.717, 1.165) is 18.8 Å². The molecule has 1 aromatic rings. The smallest absolute Gasteiger partial charge is 0.119 e. The molecule has 3 heteroatoms. The summed E-state index contributed by atoms with van der Waals surface area (Å²) >= 11 is 5.00. The molecule has 0 spiro atoms. The topological polar surface area (TPSA) is 35.2 Å². The maximum absolute atomic E-state index is 5.94. The van der Waals surface area contributed by atoms with Gasteiger partial charge in [0.1, 0.15) is 5.75 Å². The number of fused-ring (bicyclic) bond motifs is 1. The van der Waals surface area contributed by atoms with E-state index >= 15 is 0 Å². The fourth-order valence-electron chi connectivity index (χ4n) is 2.79. The Morgan fingerprint density at radius 3 is 2.78 bits per heavy atom. The van der Waals surface area contributed by atoms with Gasteiger partial charge in [-0.2, -0.15) is 0 Å². The van der Waals surface area contributed by atoms with Gasteiger partial charge in [-0.15, -0.1) is 0 Å². The highest BCUT2D eigenvalue weighted by Gasteiger charge is 2.43. The molecule has 0 bridgehead atoms. The number of aryl methyl sites for hydroxylation is 2. The van der Waals surface area contributed by atoms with E-state index in [-0.39, 0.29) is 5.41 Å². The summed E-state index contributed by atoms with van der Waals surface area (Å²) in [7, 11) is 0. The van der Waals surface area contributed by atoms with Crippen LogP contribution in [-0.4, -0.2) is 11.6 Å². The van der Waals surface area contributed by atoms with Gasteiger partial charge in [-0.05, 0) is 55.4 Å². The summed E-state index contributed by atoms with van der Waals surface area (Å²) in [5.74, 6) is 1.00. The molecule has 96 valence electrons. The molecular formula is C15H19NOS. The first-order valence-electron chi connectivity index (χ1n) is 6.70. The average molecular weight is 261 g/mol. The zero-order valence-electron chi connectivity index (χ0n) is 10.6. The highest BCUT2D eigenvalue weighted by molar-refractivity contribution is 7.80. The van der Waals surface area contributed by atoms with Crippen LogP contribution in [0.4, 0.5) is 0 Å². The lowest BCUT2D eigenvalue weighted by Crippen LogP contribution is -2.21. The molecule has 0 heterocycles. The number of rotatable bonds is 5. The van der Waals surface area contributed by atoms with Crippen molar-refractivity contribution in [3.8, 4) is 5.75 Å². The molecule has 0 aromatic heterocycles. The van der Waals surface area contributed by atoms with Crippen LogP contribution in [0.25, 0.3) is 0 Å². The zero-order valence-corrected chi connectivity index (χ0v) is 11.4. The van der Waals surface area contributed by atoms with Crippen LogP contribution in [0, 0.1) is 5.41 Å². The Bertz CT molecular complexity index is 479. The van der Waals surface area contributed by atoms with Gasteiger partial charge in [0.2, 0.25) is 0 Å². The molecule has 2 N–H and O–H groups in total. The van der Waals surface area contributed by atoms with Crippen molar-refractivity contribution in [2.24, 2.45) is 11.1 Å². The number of thiocarbonyl (C=S) groups is 1. The molecular weight excluding hydrogens is 242 g/mol. The number of ether oxygens (including phenoxy) is 1. The van der Waals surface area contributed by atoms with Crippen LogP contribution in [0.5, 0.6) is 5.75 Å². The molecule has 0 radical (unpaired) electrons. The van der Waals surface area contributed by atoms with Gasteiger partial charge in [-0.3, -0.25) is 0 Å². The summed E-state index contributed by atoms with van der Waals surface area (Å²) in [6.45, 7) is 0.753. The van der Waals surface area contributed by atoms with E-state index in [1.807, 2.05) is 0 Å². The second-order valence-electron chi connectivity index (χ2n) is 5.72. The SMILES string of the molecule is NC(=S)CC1(COc2ccc3c(c2)CCC3)CC1. The minimum absolute atomic E-state index is 0.241. The quantitative estimate of drug-likeness (QED) is 0.828. The maximum atomic E-state index is 5.94. The Hall–Kier alpha value is -1.09. The first-order chi connectivity index (χ1) is 8.67. The van der Waals surface area contributed by atoms with Crippen LogP contribution >= 0.6 is 12.2 Å². The Labute approximate surface area is 114 Å². The molecule has 0 saturated heterocycles. The van der Waals surface area contributed by atoms with Gasteiger partial charge >= 0.3 is 0 Å². The van der Waals surface area contributed by atoms with E-state index in [4.69, 9.17) is 22.7 Å². The zero-order chi connectivity index (χ0) is 12.6. The van der Waals surface area contributed by atoms with Gasteiger partial charge in [0, 0.05) is 11.8 Å². The van der Waals surface area contributed by atoms with E-state index in [2.05, 4.69) is 18.2 Å². The molecule has 2 aliphatic carbocycles. The second kappa shape index (κ2) is 4.54. The Morgan fingerprint density at radius 2 is 2.06 bits per heavy atom. The lowest BCUT2D eigenvalue weighted by molar-refractivity contribution is 0.239. The van der Waals surface area contributed by atoms with E-state index in [0.29, 0.717) is 4.99 Å². The lowest BCUT2D eigenvalue weighted by atomic mass is 10.0. The third kappa shape index (κ3) is 2.51. The van der Waals surface area contributed by atoms with E-state index in [9.17, 15) is 0 Å². The van der Waals surface area contributed by atoms with Crippen molar-refractivity contribution < 1.29 is 4.74 Å². The second-order valence-corrected chi connectivity index (χ2v) is 6.24. The third-order valence-corrected chi connectivity index (χ3v) is 4.27. The van der Waals surface area contributed by atoms with Crippen molar-refractivity contribution in [3.05, 3.63) is 29.3 Å². The van der Waals surface area contributed by atoms with Crippen molar-refractivity contribution in [1.29, 1.82) is 0 Å². The molecule has 1 fully saturated rings. The fourth-order valence-corrected chi connectivity index (χ4v) is 3.10. The van der Waals surface area contributed by atoms with Crippen molar-refractivity contribution in [1.82, 2.24) is 0 Å². The number of hydrogen-bond donors (Lipinski definition) is 1. The molecule has 0 atom stereocenters. The summed E-state index contributed by atoms with van der Waals surface area (Å²) in [5, 5.41) is 0. The van der Waals surface area contributed by atoms with Crippen LogP contribution in [-0.2, 0) is 12.8 Å². The summed E-state index contributed by atoms with van der Waals surface area (Å²) < 4.78 is 5.94. The summed E-state index contributed by atoms with van der Waals surface area (Å²) in [4.78, 5) is 0.616. The summed E-state index contributed by atoms with van der Waals surface area (Å²) in [5.41, 5.74) is 8.83. The van der Waals surface area contributed by atoms with Crippen molar-refractivity contribution in [3.63, 3.8) is 0 Å². The molecule has 1 aromatic carbocycles. The van der Waals surface area contributed by atoms with E-state index < -0.39 is 0 Å². The Kier molecular flexibility index (Phi) is 3.02. The average Bonchev–Trinajstić information content (AvgIpc) is 2.92. The van der Waals surface area contributed by atoms with Gasteiger partial charge in [0.15, 0.2) is 0 Å². The Morgan fingerprint density at radius 1 is 1.28 bits per heavy atom. The first-order valence-corrected chi connectivity index (χ1v) is 7.11. The Balaban J connectivity index is 1.62. The summed E-state index contributed by atoms with van der Waals surface area (Å²) in [6, 6.07) is 6.52. The lowest BCUT2D eigenvalue weighted by Gasteiger charge is -2.16. The van der Waals surface area contributed by atoms with Gasteiger partial charge in [-0.1, -0.05) is 18.3 Å². The molecule has 1 saturated carbocycles. The predicted octanol–water partition coefficient (Wildman–Crippen LogP) is 3.01. The van der Waals surface area contributed by atoms with Gasteiger partial charge in [0.05, 0.1) is 11.6 Å². The fraction of sp³-hybridized carbons (Fsp3) is 0.533. The summed E-state index contributed by atoms with van der Waals surface area (Å²) in [6.07, 6.45) is 6.91. The maximum Gasteiger partial charge on any atom is 0.119 e. The highest BCUT2D eigenvalue weighted by Crippen LogP contribution is 2.49. The van der Waals surface area contributed by atoms with E-state index in [1.54, 1.807) is 0 Å². The minimum Gasteiger partial charge on any atom is -0.493 e. The van der Waals surface area contributed by atoms with Crippen molar-refractivity contribution >= 4 is 17.2 Å². The monoisotopic (exact) mass is 261 g/mol. The van der Waals surface area contributed by atoms with Gasteiger partial charge < -0.3 is 10.5 Å². The van der Waals surface area contributed by atoms with Crippen LogP contribution in [0.1, 0.15) is 36.8 Å². The molecule has 0 aliphatic heterocycles. The van der Waals surface area contributed by atoms with E-state index in [1.165, 1.54) is 43.2 Å². The van der Waals surface area contributed by atoms with Crippen LogP contribution < -0.4 is 10.5 Å². The highest BCUT2D eigenvalue weighted by atomic mass is 32.1. The number of nitrogens with two attached hydrogens (primary N) is 1. The number of benzene rings is 1. The van der Waals surface area contributed by atoms with Crippen molar-refractivity contribution in [2.75, 3.05) is 6.61 Å². The molecule has 18 heavy (non-hydrogen) atoms. The number of hydrogen-bond acceptors (Lipinski definition) is 2. The minimum atomic E-state index is 0.241. The molecule has 0 unspecified atom stereocenters. The largest absolute Gasteiger partial charge is 0.493 e. The first kappa shape index (κ1) is 12.0. The van der Waals surface area contributed by atoms with Crippen LogP contribution in [0.15, 0.2) is 18.2 Å².